The van der Waals surface area contributed by atoms with Crippen molar-refractivity contribution in [3.05, 3.63) is 70.9 Å². The number of amides is 1. The van der Waals surface area contributed by atoms with E-state index in [2.05, 4.69) is 5.32 Å². The summed E-state index contributed by atoms with van der Waals surface area (Å²) in [7, 11) is 0. The Morgan fingerprint density at radius 1 is 1.13 bits per heavy atom. The number of carbonyl (C=O) groups excluding carboxylic acids is 2. The molecule has 3 rings (SSSR count). The largest absolute Gasteiger partial charge is 0.478 e. The first-order valence-electron chi connectivity index (χ1n) is 9.40. The Balaban J connectivity index is 1.81. The Bertz CT molecular complexity index is 1140. The monoisotopic (exact) mass is 412 g/mol. The molecule has 3 aromatic rings. The van der Waals surface area contributed by atoms with E-state index in [1.165, 1.54) is 29.0 Å². The van der Waals surface area contributed by atoms with E-state index in [4.69, 9.17) is 9.47 Å². The fraction of sp³-hybridized carbons (Fsp3) is 0.227. The van der Waals surface area contributed by atoms with Crippen molar-refractivity contribution in [3.8, 4) is 5.75 Å². The summed E-state index contributed by atoms with van der Waals surface area (Å²) in [5.74, 6) is -1.08. The average Bonchev–Trinajstić information content (AvgIpc) is 2.70. The van der Waals surface area contributed by atoms with Gasteiger partial charge in [-0.15, -0.1) is 0 Å². The molecule has 1 heterocycles. The first-order chi connectivity index (χ1) is 14.4. The maximum absolute atomic E-state index is 13.3. The summed E-state index contributed by atoms with van der Waals surface area (Å²) in [6, 6.07) is 12.0. The Morgan fingerprint density at radius 3 is 2.63 bits per heavy atom. The van der Waals surface area contributed by atoms with Crippen molar-refractivity contribution < 1.29 is 23.5 Å². The smallest absolute Gasteiger partial charge is 0.347 e. The maximum atomic E-state index is 13.3. The minimum atomic E-state index is -0.838. The molecule has 30 heavy (non-hydrogen) atoms. The van der Waals surface area contributed by atoms with E-state index in [0.717, 1.165) is 0 Å². The lowest BCUT2D eigenvalue weighted by Crippen LogP contribution is -2.28. The molecule has 0 aliphatic rings. The molecule has 0 bridgehead atoms. The first kappa shape index (κ1) is 21.0. The third-order valence-electron chi connectivity index (χ3n) is 4.32. The zero-order chi connectivity index (χ0) is 21.7. The molecule has 8 heteroatoms. The van der Waals surface area contributed by atoms with Gasteiger partial charge in [0.2, 0.25) is 5.91 Å². The molecule has 0 unspecified atom stereocenters. The molecule has 1 N–H and O–H groups in total. The first-order valence-corrected chi connectivity index (χ1v) is 9.40. The standard InChI is InChI=1S/C22H21FN2O5/c1-3-29-22(28)14(2)30-19-9-5-8-18-17(19)10-11-25(21(18)27)13-20(26)24-16-7-4-6-15(23)12-16/h4-12,14H,3,13H2,1-2H3,(H,24,26)/t14-/m0/s1. The molecule has 0 saturated carbocycles. The second-order valence-corrected chi connectivity index (χ2v) is 6.54. The minimum Gasteiger partial charge on any atom is -0.478 e. The van der Waals surface area contributed by atoms with Crippen LogP contribution in [-0.2, 0) is 20.9 Å². The molecule has 0 aliphatic carbocycles. The number of pyridine rings is 1. The molecule has 1 atom stereocenters. The number of aromatic nitrogens is 1. The fourth-order valence-electron chi connectivity index (χ4n) is 2.94. The van der Waals surface area contributed by atoms with Gasteiger partial charge in [0.05, 0.1) is 12.0 Å². The number of rotatable bonds is 7. The summed E-state index contributed by atoms with van der Waals surface area (Å²) in [6.07, 6.45) is 0.632. The van der Waals surface area contributed by atoms with E-state index < -0.39 is 29.4 Å². The molecule has 0 saturated heterocycles. The second kappa shape index (κ2) is 9.21. The third kappa shape index (κ3) is 4.83. The lowest BCUT2D eigenvalue weighted by Gasteiger charge is -2.15. The number of esters is 1. The van der Waals surface area contributed by atoms with Crippen LogP contribution < -0.4 is 15.6 Å². The molecule has 0 radical (unpaired) electrons. The molecule has 2 aromatic carbocycles. The van der Waals surface area contributed by atoms with Crippen molar-refractivity contribution in [3.63, 3.8) is 0 Å². The molecule has 0 aliphatic heterocycles. The van der Waals surface area contributed by atoms with Crippen molar-refractivity contribution in [1.29, 1.82) is 0 Å². The van der Waals surface area contributed by atoms with Gasteiger partial charge in [-0.1, -0.05) is 12.1 Å². The van der Waals surface area contributed by atoms with Gasteiger partial charge in [0.15, 0.2) is 6.10 Å². The number of hydrogen-bond donors (Lipinski definition) is 1. The Labute approximate surface area is 172 Å². The van der Waals surface area contributed by atoms with E-state index in [1.54, 1.807) is 44.2 Å². The number of nitrogens with one attached hydrogen (secondary N) is 1. The van der Waals surface area contributed by atoms with Crippen molar-refractivity contribution in [2.45, 2.75) is 26.5 Å². The fourth-order valence-corrected chi connectivity index (χ4v) is 2.94. The SMILES string of the molecule is CCOC(=O)[C@H](C)Oc1cccc2c(=O)n(CC(=O)Nc3cccc(F)c3)ccc12. The molecule has 0 spiro atoms. The summed E-state index contributed by atoms with van der Waals surface area (Å²) in [5, 5.41) is 3.41. The highest BCUT2D eigenvalue weighted by Gasteiger charge is 2.18. The highest BCUT2D eigenvalue weighted by molar-refractivity contribution is 5.91. The van der Waals surface area contributed by atoms with Gasteiger partial charge in [-0.3, -0.25) is 9.59 Å². The topological polar surface area (TPSA) is 86.6 Å². The number of hydrogen-bond acceptors (Lipinski definition) is 5. The Kier molecular flexibility index (Phi) is 6.46. The average molecular weight is 412 g/mol. The Hall–Kier alpha value is -3.68. The lowest BCUT2D eigenvalue weighted by atomic mass is 10.1. The Morgan fingerprint density at radius 2 is 1.90 bits per heavy atom. The molecular weight excluding hydrogens is 391 g/mol. The molecule has 0 fully saturated rings. The van der Waals surface area contributed by atoms with E-state index in [9.17, 15) is 18.8 Å². The van der Waals surface area contributed by atoms with Crippen molar-refractivity contribution in [1.82, 2.24) is 4.57 Å². The van der Waals surface area contributed by atoms with Gasteiger partial charge in [-0.2, -0.15) is 0 Å². The van der Waals surface area contributed by atoms with E-state index in [0.29, 0.717) is 22.2 Å². The van der Waals surface area contributed by atoms with Crippen molar-refractivity contribution in [2.24, 2.45) is 0 Å². The molecule has 1 amide bonds. The summed E-state index contributed by atoms with van der Waals surface area (Å²) >= 11 is 0. The predicted octanol–water partition coefficient (Wildman–Crippen LogP) is 3.11. The number of anilines is 1. The van der Waals surface area contributed by atoms with Crippen LogP contribution in [0.4, 0.5) is 10.1 Å². The number of carbonyl (C=O) groups is 2. The van der Waals surface area contributed by atoms with Gasteiger partial charge in [0, 0.05) is 17.3 Å². The number of benzene rings is 2. The highest BCUT2D eigenvalue weighted by atomic mass is 19.1. The minimum absolute atomic E-state index is 0.240. The van der Waals surface area contributed by atoms with Gasteiger partial charge >= 0.3 is 5.97 Å². The van der Waals surface area contributed by atoms with Crippen LogP contribution in [0.3, 0.4) is 0 Å². The summed E-state index contributed by atoms with van der Waals surface area (Å²) < 4.78 is 25.1. The maximum Gasteiger partial charge on any atom is 0.347 e. The molecule has 7 nitrogen and oxygen atoms in total. The van der Waals surface area contributed by atoms with Crippen LogP contribution >= 0.6 is 0 Å². The van der Waals surface area contributed by atoms with E-state index >= 15 is 0 Å². The van der Waals surface area contributed by atoms with Crippen LogP contribution in [0.2, 0.25) is 0 Å². The van der Waals surface area contributed by atoms with E-state index in [-0.39, 0.29) is 13.2 Å². The van der Waals surface area contributed by atoms with Crippen molar-refractivity contribution >= 4 is 28.3 Å². The van der Waals surface area contributed by atoms with Crippen molar-refractivity contribution in [2.75, 3.05) is 11.9 Å². The predicted molar refractivity (Wildman–Crippen MR) is 110 cm³/mol. The lowest BCUT2D eigenvalue weighted by molar-refractivity contribution is -0.150. The second-order valence-electron chi connectivity index (χ2n) is 6.54. The van der Waals surface area contributed by atoms with Gasteiger partial charge in [-0.05, 0) is 50.2 Å². The normalized spacial score (nSPS) is 11.7. The summed E-state index contributed by atoms with van der Waals surface area (Å²) in [5.41, 5.74) is -0.0893. The third-order valence-corrected chi connectivity index (χ3v) is 4.32. The van der Waals surface area contributed by atoms with Crippen LogP contribution in [0.5, 0.6) is 5.75 Å². The number of fused-ring (bicyclic) bond motifs is 1. The van der Waals surface area contributed by atoms with Gasteiger partial charge in [0.1, 0.15) is 18.1 Å². The van der Waals surface area contributed by atoms with Crippen LogP contribution in [-0.4, -0.2) is 29.2 Å². The molecular formula is C22H21FN2O5. The van der Waals surface area contributed by atoms with Gasteiger partial charge in [0.25, 0.3) is 5.56 Å². The van der Waals surface area contributed by atoms with Gasteiger partial charge < -0.3 is 19.4 Å². The van der Waals surface area contributed by atoms with Crippen LogP contribution in [0.15, 0.2) is 59.5 Å². The summed E-state index contributed by atoms with van der Waals surface area (Å²) in [4.78, 5) is 36.9. The molecule has 156 valence electrons. The molecule has 1 aromatic heterocycles. The van der Waals surface area contributed by atoms with Gasteiger partial charge in [-0.25, -0.2) is 9.18 Å². The number of halogens is 1. The zero-order valence-electron chi connectivity index (χ0n) is 16.6. The van der Waals surface area contributed by atoms with Crippen LogP contribution in [0.25, 0.3) is 10.8 Å². The van der Waals surface area contributed by atoms with Crippen LogP contribution in [0, 0.1) is 5.82 Å². The van der Waals surface area contributed by atoms with E-state index in [1.807, 2.05) is 0 Å². The quantitative estimate of drug-likeness (QED) is 0.603. The number of ether oxygens (including phenoxy) is 2. The summed E-state index contributed by atoms with van der Waals surface area (Å²) in [6.45, 7) is 3.27. The number of nitrogens with zero attached hydrogens (tertiary/aromatic N) is 1. The highest BCUT2D eigenvalue weighted by Crippen LogP contribution is 2.24. The zero-order valence-corrected chi connectivity index (χ0v) is 16.6. The van der Waals surface area contributed by atoms with Crippen LogP contribution in [0.1, 0.15) is 13.8 Å².